The number of hydrogen-bond donors (Lipinski definition) is 0. The van der Waals surface area contributed by atoms with Crippen LogP contribution in [0, 0.1) is 29.1 Å². The Bertz CT molecular complexity index is 2130. The Morgan fingerprint density at radius 2 is 1.25 bits per heavy atom. The Morgan fingerprint density at radius 1 is 0.625 bits per heavy atom. The van der Waals surface area contributed by atoms with Crippen LogP contribution < -0.4 is 0 Å². The Balaban J connectivity index is 1.20. The van der Waals surface area contributed by atoms with Gasteiger partial charge in [0.25, 0.3) is 0 Å². The molecule has 2 aliphatic rings. The maximum absolute atomic E-state index is 9.33. The molecule has 0 saturated heterocycles. The second-order valence-corrected chi connectivity index (χ2v) is 14.3. The Labute approximate surface area is 283 Å². The molecule has 1 unspecified atom stereocenters. The number of aromatic nitrogens is 3. The first-order chi connectivity index (χ1) is 23.5. The highest BCUT2D eigenvalue weighted by Crippen LogP contribution is 2.55. The van der Waals surface area contributed by atoms with Crippen molar-refractivity contribution in [2.45, 2.75) is 57.8 Å². The van der Waals surface area contributed by atoms with Crippen LogP contribution in [0.3, 0.4) is 0 Å². The molecular formula is C44H40N4. The number of nitrogens with zero attached hydrogens (tertiary/aromatic N) is 4. The summed E-state index contributed by atoms with van der Waals surface area (Å²) in [5, 5.41) is 11.6. The van der Waals surface area contributed by atoms with Crippen LogP contribution in [0.2, 0.25) is 0 Å². The quantitative estimate of drug-likeness (QED) is 0.185. The van der Waals surface area contributed by atoms with E-state index in [1.54, 1.807) is 12.1 Å². The minimum absolute atomic E-state index is 0.327. The van der Waals surface area contributed by atoms with Crippen molar-refractivity contribution in [1.82, 2.24) is 15.0 Å². The average Bonchev–Trinajstić information content (AvgIpc) is 3.14. The first kappa shape index (κ1) is 30.2. The molecule has 4 nitrogen and oxygen atoms in total. The summed E-state index contributed by atoms with van der Waals surface area (Å²) in [7, 11) is 0. The fraction of sp³-hybridized carbons (Fsp3) is 0.273. The van der Waals surface area contributed by atoms with Gasteiger partial charge in [-0.05, 0) is 107 Å². The van der Waals surface area contributed by atoms with Crippen LogP contribution in [0.15, 0.2) is 115 Å². The lowest BCUT2D eigenvalue weighted by Crippen LogP contribution is -2.42. The standard InChI is InChI=1S/C44H40N4/c1-3-30-24-32-23-29(2)25-44(26-30,27-32)36-21-19-33(20-22-36)37-11-7-13-39-38(37)12-8-14-40(39)43-47-41(34-9-5-4-6-10-34)46-42(48-43)35-17-15-31(28-45)16-18-35/h4-22,29-30,32H,3,23-27H2,1-2H3/t29-,30+,32-,44?/m0/s1. The largest absolute Gasteiger partial charge is 0.208 e. The van der Waals surface area contributed by atoms with E-state index in [0.717, 1.165) is 39.8 Å². The van der Waals surface area contributed by atoms with Crippen LogP contribution in [0.4, 0.5) is 0 Å². The van der Waals surface area contributed by atoms with Gasteiger partial charge in [0.15, 0.2) is 17.5 Å². The van der Waals surface area contributed by atoms with Gasteiger partial charge in [0.2, 0.25) is 0 Å². The molecule has 0 N–H and O–H groups in total. The third-order valence-electron chi connectivity index (χ3n) is 11.0. The summed E-state index contributed by atoms with van der Waals surface area (Å²) in [5.74, 6) is 4.35. The van der Waals surface area contributed by atoms with Crippen LogP contribution in [-0.4, -0.2) is 15.0 Å². The Morgan fingerprint density at radius 3 is 1.94 bits per heavy atom. The van der Waals surface area contributed by atoms with E-state index in [1.807, 2.05) is 42.5 Å². The summed E-state index contributed by atoms with van der Waals surface area (Å²) in [5.41, 5.74) is 7.66. The van der Waals surface area contributed by atoms with E-state index in [-0.39, 0.29) is 0 Å². The molecule has 6 aromatic rings. The molecule has 48 heavy (non-hydrogen) atoms. The summed E-state index contributed by atoms with van der Waals surface area (Å²) in [6.45, 7) is 4.85. The van der Waals surface area contributed by atoms with Gasteiger partial charge in [-0.3, -0.25) is 0 Å². The number of benzene rings is 5. The highest BCUT2D eigenvalue weighted by atomic mass is 15.0. The van der Waals surface area contributed by atoms with Crippen molar-refractivity contribution in [2.75, 3.05) is 0 Å². The highest BCUT2D eigenvalue weighted by Gasteiger charge is 2.45. The molecule has 2 saturated carbocycles. The summed E-state index contributed by atoms with van der Waals surface area (Å²) in [6, 6.07) is 42.2. The van der Waals surface area contributed by atoms with E-state index in [4.69, 9.17) is 15.0 Å². The number of rotatable bonds is 6. The molecule has 5 aromatic carbocycles. The lowest BCUT2D eigenvalue weighted by atomic mass is 9.54. The maximum Gasteiger partial charge on any atom is 0.164 e. The van der Waals surface area contributed by atoms with Crippen molar-refractivity contribution >= 4 is 10.8 Å². The predicted molar refractivity (Wildman–Crippen MR) is 195 cm³/mol. The van der Waals surface area contributed by atoms with E-state index >= 15 is 0 Å². The average molecular weight is 625 g/mol. The second-order valence-electron chi connectivity index (χ2n) is 14.3. The lowest BCUT2D eigenvalue weighted by molar-refractivity contribution is 0.0702. The zero-order chi connectivity index (χ0) is 32.7. The first-order valence-electron chi connectivity index (χ1n) is 17.5. The molecular weight excluding hydrogens is 585 g/mol. The Kier molecular flexibility index (Phi) is 7.85. The predicted octanol–water partition coefficient (Wildman–Crippen LogP) is 11.1. The third kappa shape index (κ3) is 5.58. The van der Waals surface area contributed by atoms with Crippen molar-refractivity contribution in [3.8, 4) is 51.4 Å². The van der Waals surface area contributed by atoms with Crippen molar-refractivity contribution in [3.05, 3.63) is 126 Å². The summed E-state index contributed by atoms with van der Waals surface area (Å²) < 4.78 is 0. The zero-order valence-corrected chi connectivity index (χ0v) is 27.7. The van der Waals surface area contributed by atoms with Gasteiger partial charge in [0.05, 0.1) is 11.6 Å². The van der Waals surface area contributed by atoms with Gasteiger partial charge in [0.1, 0.15) is 0 Å². The third-order valence-corrected chi connectivity index (χ3v) is 11.0. The van der Waals surface area contributed by atoms with E-state index < -0.39 is 0 Å². The number of hydrogen-bond acceptors (Lipinski definition) is 4. The van der Waals surface area contributed by atoms with Gasteiger partial charge in [-0.25, -0.2) is 15.0 Å². The Hall–Kier alpha value is -5.14. The van der Waals surface area contributed by atoms with Crippen molar-refractivity contribution < 1.29 is 0 Å². The molecule has 2 aliphatic carbocycles. The minimum atomic E-state index is 0.327. The van der Waals surface area contributed by atoms with E-state index in [2.05, 4.69) is 80.6 Å². The van der Waals surface area contributed by atoms with Crippen LogP contribution in [-0.2, 0) is 5.41 Å². The molecule has 2 fully saturated rings. The minimum Gasteiger partial charge on any atom is -0.208 e. The van der Waals surface area contributed by atoms with Crippen molar-refractivity contribution in [3.63, 3.8) is 0 Å². The van der Waals surface area contributed by atoms with E-state index in [1.165, 1.54) is 60.6 Å². The molecule has 2 bridgehead atoms. The van der Waals surface area contributed by atoms with Crippen molar-refractivity contribution in [1.29, 1.82) is 5.26 Å². The van der Waals surface area contributed by atoms with Gasteiger partial charge in [-0.15, -0.1) is 0 Å². The summed E-state index contributed by atoms with van der Waals surface area (Å²) >= 11 is 0. The van der Waals surface area contributed by atoms with Gasteiger partial charge in [-0.2, -0.15) is 5.26 Å². The van der Waals surface area contributed by atoms with Gasteiger partial charge < -0.3 is 0 Å². The van der Waals surface area contributed by atoms with E-state index in [9.17, 15) is 5.26 Å². The summed E-state index contributed by atoms with van der Waals surface area (Å²) in [6.07, 6.45) is 8.12. The molecule has 0 aliphatic heterocycles. The molecule has 236 valence electrons. The number of fused-ring (bicyclic) bond motifs is 3. The highest BCUT2D eigenvalue weighted by molar-refractivity contribution is 6.03. The molecule has 4 heteroatoms. The smallest absolute Gasteiger partial charge is 0.164 e. The normalized spacial score (nSPS) is 21.9. The lowest BCUT2D eigenvalue weighted by Gasteiger charge is -2.51. The molecule has 0 radical (unpaired) electrons. The van der Waals surface area contributed by atoms with Crippen LogP contribution in [0.25, 0.3) is 56.1 Å². The zero-order valence-electron chi connectivity index (χ0n) is 27.7. The van der Waals surface area contributed by atoms with Crippen LogP contribution in [0.5, 0.6) is 0 Å². The van der Waals surface area contributed by atoms with Gasteiger partial charge in [-0.1, -0.05) is 111 Å². The number of nitriles is 1. The first-order valence-corrected chi connectivity index (χ1v) is 17.5. The monoisotopic (exact) mass is 624 g/mol. The molecule has 0 amide bonds. The molecule has 1 heterocycles. The van der Waals surface area contributed by atoms with Crippen LogP contribution >= 0.6 is 0 Å². The molecule has 4 atom stereocenters. The van der Waals surface area contributed by atoms with Gasteiger partial charge in [0, 0.05) is 16.7 Å². The summed E-state index contributed by atoms with van der Waals surface area (Å²) in [4.78, 5) is 14.9. The second kappa shape index (κ2) is 12.5. The van der Waals surface area contributed by atoms with E-state index in [0.29, 0.717) is 28.5 Å². The molecule has 0 spiro atoms. The maximum atomic E-state index is 9.33. The SMILES string of the molecule is CC[C@@H]1C[C@@H]2C[C@H](C)CC(c3ccc(-c4cccc5c(-c6nc(-c7ccccc7)nc(-c7ccc(C#N)cc7)n6)cccc45)cc3)(C1)C2. The fourth-order valence-corrected chi connectivity index (χ4v) is 8.95. The van der Waals surface area contributed by atoms with Crippen molar-refractivity contribution in [2.24, 2.45) is 17.8 Å². The van der Waals surface area contributed by atoms with Gasteiger partial charge >= 0.3 is 0 Å². The molecule has 1 aromatic heterocycles. The fourth-order valence-electron chi connectivity index (χ4n) is 8.95. The van der Waals surface area contributed by atoms with Crippen LogP contribution in [0.1, 0.15) is 63.5 Å². The molecule has 8 rings (SSSR count). The topological polar surface area (TPSA) is 62.5 Å².